The summed E-state index contributed by atoms with van der Waals surface area (Å²) >= 11 is 0. The molecule has 0 amide bonds. The fourth-order valence-corrected chi connectivity index (χ4v) is 1.37. The second-order valence-electron chi connectivity index (χ2n) is 2.90. The highest BCUT2D eigenvalue weighted by atomic mass is 19.3. The first kappa shape index (κ1) is 9.46. The Morgan fingerprint density at radius 3 is 2.87 bits per heavy atom. The van der Waals surface area contributed by atoms with Crippen molar-refractivity contribution in [3.05, 3.63) is 30.0 Å². The van der Waals surface area contributed by atoms with Gasteiger partial charge < -0.3 is 9.72 Å². The lowest BCUT2D eigenvalue weighted by Crippen LogP contribution is -2.01. The van der Waals surface area contributed by atoms with E-state index >= 15 is 0 Å². The van der Waals surface area contributed by atoms with Gasteiger partial charge in [-0.05, 0) is 18.2 Å². The number of aromatic nitrogens is 1. The third kappa shape index (κ3) is 1.74. The zero-order chi connectivity index (χ0) is 10.8. The van der Waals surface area contributed by atoms with Crippen LogP contribution in [0.5, 0.6) is 5.75 Å². The maximum atomic E-state index is 11.9. The van der Waals surface area contributed by atoms with Crippen molar-refractivity contribution in [2.24, 2.45) is 0 Å². The average molecular weight is 208 g/mol. The maximum absolute atomic E-state index is 11.9. The van der Waals surface area contributed by atoms with Gasteiger partial charge in [-0.3, -0.25) is 0 Å². The molecule has 0 radical (unpaired) electrons. The molecule has 0 unspecified atom stereocenters. The van der Waals surface area contributed by atoms with Crippen LogP contribution >= 0.6 is 0 Å². The number of rotatable bonds is 2. The number of nitrogens with zero attached hydrogens (tertiary/aromatic N) is 1. The van der Waals surface area contributed by atoms with Crippen molar-refractivity contribution in [2.45, 2.75) is 6.61 Å². The van der Waals surface area contributed by atoms with Gasteiger partial charge in [0, 0.05) is 17.1 Å². The van der Waals surface area contributed by atoms with Gasteiger partial charge in [0.2, 0.25) is 0 Å². The molecule has 1 heterocycles. The third-order valence-electron chi connectivity index (χ3n) is 2.00. The number of fused-ring (bicyclic) bond motifs is 1. The van der Waals surface area contributed by atoms with Gasteiger partial charge >= 0.3 is 6.61 Å². The van der Waals surface area contributed by atoms with Gasteiger partial charge in [0.15, 0.2) is 0 Å². The zero-order valence-corrected chi connectivity index (χ0v) is 7.50. The van der Waals surface area contributed by atoms with Gasteiger partial charge in [-0.2, -0.15) is 14.0 Å². The smallest absolute Gasteiger partial charge is 0.387 e. The number of benzene rings is 1. The number of H-pyrrole nitrogens is 1. The molecule has 3 nitrogen and oxygen atoms in total. The predicted molar refractivity (Wildman–Crippen MR) is 49.6 cm³/mol. The first-order chi connectivity index (χ1) is 7.20. The number of nitrogens with one attached hydrogen (secondary N) is 1. The Hall–Kier alpha value is -2.09. The topological polar surface area (TPSA) is 48.8 Å². The van der Waals surface area contributed by atoms with E-state index < -0.39 is 6.61 Å². The molecule has 2 aromatic rings. The van der Waals surface area contributed by atoms with Gasteiger partial charge in [0.05, 0.1) is 5.56 Å². The molecule has 0 spiro atoms. The van der Waals surface area contributed by atoms with Gasteiger partial charge in [0.25, 0.3) is 0 Å². The second-order valence-corrected chi connectivity index (χ2v) is 2.90. The van der Waals surface area contributed by atoms with E-state index in [1.807, 2.05) is 6.07 Å². The Bertz CT molecular complexity index is 528. The summed E-state index contributed by atoms with van der Waals surface area (Å²) in [4.78, 5) is 2.85. The quantitative estimate of drug-likeness (QED) is 0.824. The van der Waals surface area contributed by atoms with E-state index in [1.54, 1.807) is 6.07 Å². The van der Waals surface area contributed by atoms with Crippen LogP contribution < -0.4 is 4.74 Å². The minimum Gasteiger partial charge on any atom is -0.435 e. The summed E-state index contributed by atoms with van der Waals surface area (Å²) in [5.41, 5.74) is 1.12. The van der Waals surface area contributed by atoms with E-state index in [2.05, 4.69) is 9.72 Å². The maximum Gasteiger partial charge on any atom is 0.387 e. The number of hydrogen-bond donors (Lipinski definition) is 1. The fourth-order valence-electron chi connectivity index (χ4n) is 1.37. The molecule has 76 valence electrons. The molecule has 2 rings (SSSR count). The normalized spacial score (nSPS) is 10.5. The van der Waals surface area contributed by atoms with E-state index in [1.165, 1.54) is 18.3 Å². The SMILES string of the molecule is N#Cc1c[nH]c2ccc(OC(F)F)cc12. The molecule has 0 atom stereocenters. The van der Waals surface area contributed by atoms with Crippen LogP contribution in [0.3, 0.4) is 0 Å². The highest BCUT2D eigenvalue weighted by molar-refractivity contribution is 5.86. The van der Waals surface area contributed by atoms with E-state index in [-0.39, 0.29) is 5.75 Å². The van der Waals surface area contributed by atoms with Crippen LogP contribution in [0.2, 0.25) is 0 Å². The van der Waals surface area contributed by atoms with Crippen molar-refractivity contribution in [1.29, 1.82) is 5.26 Å². The molecule has 0 saturated heterocycles. The first-order valence-electron chi connectivity index (χ1n) is 4.17. The zero-order valence-electron chi connectivity index (χ0n) is 7.50. The molecule has 0 aliphatic carbocycles. The number of alkyl halides is 2. The first-order valence-corrected chi connectivity index (χ1v) is 4.17. The summed E-state index contributed by atoms with van der Waals surface area (Å²) in [6, 6.07) is 6.38. The largest absolute Gasteiger partial charge is 0.435 e. The highest BCUT2D eigenvalue weighted by Gasteiger charge is 2.07. The van der Waals surface area contributed by atoms with E-state index in [0.29, 0.717) is 16.5 Å². The third-order valence-corrected chi connectivity index (χ3v) is 2.00. The van der Waals surface area contributed by atoms with E-state index in [4.69, 9.17) is 5.26 Å². The molecule has 0 aliphatic rings. The lowest BCUT2D eigenvalue weighted by molar-refractivity contribution is -0.0497. The Morgan fingerprint density at radius 1 is 1.40 bits per heavy atom. The standard InChI is InChI=1S/C10H6F2N2O/c11-10(12)15-7-1-2-9-8(3-7)6(4-13)5-14-9/h1-3,5,10,14H. The van der Waals surface area contributed by atoms with Crippen LogP contribution in [-0.4, -0.2) is 11.6 Å². The van der Waals surface area contributed by atoms with Crippen molar-refractivity contribution in [2.75, 3.05) is 0 Å². The number of nitriles is 1. The fraction of sp³-hybridized carbons (Fsp3) is 0.100. The monoisotopic (exact) mass is 208 g/mol. The van der Waals surface area contributed by atoms with Crippen molar-refractivity contribution in [3.63, 3.8) is 0 Å². The van der Waals surface area contributed by atoms with Crippen LogP contribution in [0, 0.1) is 11.3 Å². The number of aromatic amines is 1. The van der Waals surface area contributed by atoms with Crippen molar-refractivity contribution >= 4 is 10.9 Å². The van der Waals surface area contributed by atoms with Gasteiger partial charge in [-0.25, -0.2) is 0 Å². The minimum atomic E-state index is -2.85. The molecule has 5 heteroatoms. The Balaban J connectivity index is 2.49. The molecular formula is C10H6F2N2O. The minimum absolute atomic E-state index is 0.0496. The van der Waals surface area contributed by atoms with E-state index in [0.717, 1.165) is 0 Å². The lowest BCUT2D eigenvalue weighted by atomic mass is 10.2. The number of hydrogen-bond acceptors (Lipinski definition) is 2. The summed E-state index contributed by atoms with van der Waals surface area (Å²) < 4.78 is 28.1. The van der Waals surface area contributed by atoms with Crippen LogP contribution in [0.1, 0.15) is 5.56 Å². The Labute approximate surface area is 83.9 Å². The molecule has 1 aromatic carbocycles. The van der Waals surface area contributed by atoms with Crippen LogP contribution in [0.15, 0.2) is 24.4 Å². The van der Waals surface area contributed by atoms with Crippen molar-refractivity contribution < 1.29 is 13.5 Å². The Kier molecular flexibility index (Phi) is 2.26. The van der Waals surface area contributed by atoms with Crippen molar-refractivity contribution in [1.82, 2.24) is 4.98 Å². The van der Waals surface area contributed by atoms with Gasteiger partial charge in [-0.15, -0.1) is 0 Å². The summed E-state index contributed by atoms with van der Waals surface area (Å²) in [7, 11) is 0. The summed E-state index contributed by atoms with van der Waals surface area (Å²) in [6.07, 6.45) is 1.52. The van der Waals surface area contributed by atoms with Crippen LogP contribution in [-0.2, 0) is 0 Å². The lowest BCUT2D eigenvalue weighted by Gasteiger charge is -2.03. The van der Waals surface area contributed by atoms with Crippen molar-refractivity contribution in [3.8, 4) is 11.8 Å². The summed E-state index contributed by atoms with van der Waals surface area (Å²) in [5, 5.41) is 9.32. The molecule has 0 aliphatic heterocycles. The van der Waals surface area contributed by atoms with Gasteiger partial charge in [0.1, 0.15) is 11.8 Å². The van der Waals surface area contributed by atoms with Crippen LogP contribution in [0.4, 0.5) is 8.78 Å². The van der Waals surface area contributed by atoms with E-state index in [9.17, 15) is 8.78 Å². The molecule has 0 bridgehead atoms. The molecule has 0 saturated carbocycles. The second kappa shape index (κ2) is 3.58. The molecule has 1 aromatic heterocycles. The molecule has 0 fully saturated rings. The van der Waals surface area contributed by atoms with Gasteiger partial charge in [-0.1, -0.05) is 0 Å². The average Bonchev–Trinajstić information content (AvgIpc) is 2.59. The molecule has 15 heavy (non-hydrogen) atoms. The predicted octanol–water partition coefficient (Wildman–Crippen LogP) is 2.64. The highest BCUT2D eigenvalue weighted by Crippen LogP contribution is 2.24. The summed E-state index contributed by atoms with van der Waals surface area (Å²) in [6.45, 7) is -2.85. The Morgan fingerprint density at radius 2 is 2.20 bits per heavy atom. The number of halogens is 2. The molecular weight excluding hydrogens is 202 g/mol. The van der Waals surface area contributed by atoms with Crippen LogP contribution in [0.25, 0.3) is 10.9 Å². The number of ether oxygens (including phenoxy) is 1. The summed E-state index contributed by atoms with van der Waals surface area (Å²) in [5.74, 6) is 0.0496. The molecule has 1 N–H and O–H groups in total.